The molecule has 0 spiro atoms. The van der Waals surface area contributed by atoms with Crippen molar-refractivity contribution in [2.24, 2.45) is 11.5 Å². The summed E-state index contributed by atoms with van der Waals surface area (Å²) >= 11 is 0. The Kier molecular flexibility index (Phi) is 15.6. The minimum Gasteiger partial charge on any atom is -0.480 e. The van der Waals surface area contributed by atoms with Crippen LogP contribution in [-0.4, -0.2) is 93.9 Å². The highest BCUT2D eigenvalue weighted by atomic mass is 16.5. The molecule has 0 aliphatic rings. The minimum atomic E-state index is -1.43. The first-order valence-electron chi connectivity index (χ1n) is 7.23. The Morgan fingerprint density at radius 1 is 1.09 bits per heavy atom. The Morgan fingerprint density at radius 2 is 1.61 bits per heavy atom. The number of methoxy groups -OCH3 is 1. The second-order valence-corrected chi connectivity index (χ2v) is 4.92. The van der Waals surface area contributed by atoms with Crippen LogP contribution in [0, 0.1) is 0 Å². The maximum Gasteiger partial charge on any atom is 0.320 e. The third-order valence-corrected chi connectivity index (χ3v) is 3.04. The molecule has 0 saturated carbocycles. The van der Waals surface area contributed by atoms with Crippen LogP contribution in [0.25, 0.3) is 0 Å². The quantitative estimate of drug-likeness (QED) is 0.175. The molecule has 0 radical (unpaired) electrons. The molecule has 0 amide bonds. The number of hydrogen-bond acceptors (Lipinski definition) is 9. The number of aliphatic carboxylic acids is 1. The summed E-state index contributed by atoms with van der Waals surface area (Å²) in [5.41, 5.74) is 10.4. The van der Waals surface area contributed by atoms with E-state index in [2.05, 4.69) is 4.74 Å². The molecule has 0 unspecified atom stereocenters. The van der Waals surface area contributed by atoms with Crippen LogP contribution in [0.2, 0.25) is 0 Å². The minimum absolute atomic E-state index is 0.520. The number of rotatable bonds is 11. The molecule has 10 N–H and O–H groups in total. The van der Waals surface area contributed by atoms with E-state index in [0.717, 1.165) is 12.8 Å². The van der Waals surface area contributed by atoms with E-state index < -0.39 is 49.6 Å². The lowest BCUT2D eigenvalue weighted by molar-refractivity contribution is -0.138. The highest BCUT2D eigenvalue weighted by Crippen LogP contribution is 2.08. The normalized spacial score (nSPS) is 17.4. The summed E-state index contributed by atoms with van der Waals surface area (Å²) in [6.45, 7) is -0.626. The molecule has 5 atom stereocenters. The average molecular weight is 342 g/mol. The third kappa shape index (κ3) is 11.3. The van der Waals surface area contributed by atoms with Crippen LogP contribution < -0.4 is 11.5 Å². The SMILES string of the molecule is CO[C@@H]([C@H](O)[C@H](O)CO)[C@@H](O)CO.NCCCC[C@H](N)C(=O)O. The molecule has 0 saturated heterocycles. The third-order valence-electron chi connectivity index (χ3n) is 3.04. The van der Waals surface area contributed by atoms with E-state index in [1.807, 2.05) is 0 Å². The van der Waals surface area contributed by atoms with Crippen molar-refractivity contribution in [2.45, 2.75) is 49.7 Å². The lowest BCUT2D eigenvalue weighted by Gasteiger charge is -2.27. The predicted molar refractivity (Wildman–Crippen MR) is 81.5 cm³/mol. The van der Waals surface area contributed by atoms with Gasteiger partial charge >= 0.3 is 5.97 Å². The first-order valence-corrected chi connectivity index (χ1v) is 7.23. The summed E-state index contributed by atoms with van der Waals surface area (Å²) in [6, 6.07) is -0.716. The fourth-order valence-corrected chi connectivity index (χ4v) is 1.59. The van der Waals surface area contributed by atoms with E-state index in [0.29, 0.717) is 13.0 Å². The van der Waals surface area contributed by atoms with Crippen molar-refractivity contribution in [1.29, 1.82) is 0 Å². The number of aliphatic hydroxyl groups is 5. The number of carboxylic acids is 1. The van der Waals surface area contributed by atoms with E-state index in [4.69, 9.17) is 37.0 Å². The molecule has 0 rings (SSSR count). The molecule has 0 aromatic rings. The van der Waals surface area contributed by atoms with Crippen molar-refractivity contribution in [3.63, 3.8) is 0 Å². The molecule has 23 heavy (non-hydrogen) atoms. The van der Waals surface area contributed by atoms with Crippen LogP contribution in [0.3, 0.4) is 0 Å². The number of ether oxygens (including phenoxy) is 1. The van der Waals surface area contributed by atoms with Crippen LogP contribution in [0.5, 0.6) is 0 Å². The van der Waals surface area contributed by atoms with Crippen molar-refractivity contribution in [1.82, 2.24) is 0 Å². The maximum atomic E-state index is 10.1. The fraction of sp³-hybridized carbons (Fsp3) is 0.923. The molecule has 0 heterocycles. The zero-order valence-corrected chi connectivity index (χ0v) is 13.3. The van der Waals surface area contributed by atoms with Gasteiger partial charge in [-0.3, -0.25) is 4.79 Å². The molecule has 10 nitrogen and oxygen atoms in total. The van der Waals surface area contributed by atoms with Gasteiger partial charge in [-0.15, -0.1) is 0 Å². The maximum absolute atomic E-state index is 10.1. The Bertz CT molecular complexity index is 295. The van der Waals surface area contributed by atoms with Crippen LogP contribution in [0.15, 0.2) is 0 Å². The van der Waals surface area contributed by atoms with Gasteiger partial charge < -0.3 is 46.8 Å². The van der Waals surface area contributed by atoms with Crippen molar-refractivity contribution in [3.8, 4) is 0 Å². The van der Waals surface area contributed by atoms with Gasteiger partial charge in [-0.2, -0.15) is 0 Å². The molecular weight excluding hydrogens is 312 g/mol. The number of hydrogen-bond donors (Lipinski definition) is 8. The Hall–Kier alpha value is -0.850. The van der Waals surface area contributed by atoms with Gasteiger partial charge in [0.15, 0.2) is 0 Å². The number of aliphatic hydroxyl groups excluding tert-OH is 5. The van der Waals surface area contributed by atoms with Gasteiger partial charge in [-0.05, 0) is 19.4 Å². The van der Waals surface area contributed by atoms with E-state index in [-0.39, 0.29) is 0 Å². The number of carbonyl (C=O) groups is 1. The molecule has 0 aliphatic heterocycles. The zero-order chi connectivity index (χ0) is 18.4. The molecule has 0 bridgehead atoms. The van der Waals surface area contributed by atoms with Gasteiger partial charge in [0.2, 0.25) is 0 Å². The number of carboxylic acid groups (broad SMARTS) is 1. The van der Waals surface area contributed by atoms with Crippen LogP contribution in [-0.2, 0) is 9.53 Å². The lowest BCUT2D eigenvalue weighted by Crippen LogP contribution is -2.48. The first-order chi connectivity index (χ1) is 10.8. The Morgan fingerprint density at radius 3 is 1.96 bits per heavy atom. The fourth-order valence-electron chi connectivity index (χ4n) is 1.59. The largest absolute Gasteiger partial charge is 0.480 e. The summed E-state index contributed by atoms with van der Waals surface area (Å²) in [5, 5.41) is 52.8. The summed E-state index contributed by atoms with van der Waals surface area (Å²) in [4.78, 5) is 10.1. The van der Waals surface area contributed by atoms with Crippen molar-refractivity contribution >= 4 is 5.97 Å². The summed E-state index contributed by atoms with van der Waals surface area (Å²) < 4.78 is 4.66. The second-order valence-electron chi connectivity index (χ2n) is 4.92. The van der Waals surface area contributed by atoms with Gasteiger partial charge in [0.05, 0.1) is 13.2 Å². The molecule has 0 aliphatic carbocycles. The predicted octanol–water partition coefficient (Wildman–Crippen LogP) is -3.40. The summed E-state index contributed by atoms with van der Waals surface area (Å²) in [5.74, 6) is -0.933. The molecule has 0 aromatic heterocycles. The smallest absolute Gasteiger partial charge is 0.320 e. The van der Waals surface area contributed by atoms with E-state index >= 15 is 0 Å². The molecule has 10 heteroatoms. The van der Waals surface area contributed by atoms with Crippen molar-refractivity contribution in [2.75, 3.05) is 26.9 Å². The van der Waals surface area contributed by atoms with Crippen LogP contribution in [0.4, 0.5) is 0 Å². The van der Waals surface area contributed by atoms with Gasteiger partial charge in [0, 0.05) is 7.11 Å². The average Bonchev–Trinajstić information content (AvgIpc) is 2.54. The highest BCUT2D eigenvalue weighted by Gasteiger charge is 2.31. The summed E-state index contributed by atoms with van der Waals surface area (Å²) in [6.07, 6.45) is -3.08. The molecule has 140 valence electrons. The molecule has 0 aromatic carbocycles. The number of unbranched alkanes of at least 4 members (excludes halogenated alkanes) is 1. The molecule has 0 fully saturated rings. The van der Waals surface area contributed by atoms with Gasteiger partial charge in [0.1, 0.15) is 30.5 Å². The first kappa shape index (κ1) is 24.4. The van der Waals surface area contributed by atoms with Crippen LogP contribution >= 0.6 is 0 Å². The van der Waals surface area contributed by atoms with Crippen LogP contribution in [0.1, 0.15) is 19.3 Å². The van der Waals surface area contributed by atoms with Crippen molar-refractivity contribution in [3.05, 3.63) is 0 Å². The standard InChI is InChI=1S/C7H16O6.C6H14N2O2/c1-13-7(5(11)3-9)6(12)4(10)2-8;7-4-2-1-3-5(8)6(9)10/h4-12H,2-3H2,1H3;5H,1-4,7-8H2,(H,9,10)/t4-,5+,6-,7-;5-/m10/s1. The lowest BCUT2D eigenvalue weighted by atomic mass is 10.0. The summed E-state index contributed by atoms with van der Waals surface area (Å²) in [7, 11) is 1.22. The second kappa shape index (κ2) is 14.7. The topological polar surface area (TPSA) is 200 Å². The monoisotopic (exact) mass is 342 g/mol. The van der Waals surface area contributed by atoms with Crippen molar-refractivity contribution < 1.29 is 40.2 Å². The van der Waals surface area contributed by atoms with Gasteiger partial charge in [0.25, 0.3) is 0 Å². The van der Waals surface area contributed by atoms with E-state index in [9.17, 15) is 9.90 Å². The molecular formula is C13H30N2O8. The number of nitrogens with two attached hydrogens (primary N) is 2. The zero-order valence-electron chi connectivity index (χ0n) is 13.3. The van der Waals surface area contributed by atoms with E-state index in [1.165, 1.54) is 7.11 Å². The highest BCUT2D eigenvalue weighted by molar-refractivity contribution is 5.72. The van der Waals surface area contributed by atoms with Gasteiger partial charge in [-0.25, -0.2) is 0 Å². The van der Waals surface area contributed by atoms with Gasteiger partial charge in [-0.1, -0.05) is 6.42 Å². The van der Waals surface area contributed by atoms with E-state index in [1.54, 1.807) is 0 Å². The Balaban J connectivity index is 0. The Labute approximate surface area is 135 Å².